The van der Waals surface area contributed by atoms with Crippen molar-refractivity contribution in [3.8, 4) is 5.69 Å². The fourth-order valence-corrected chi connectivity index (χ4v) is 5.48. The summed E-state index contributed by atoms with van der Waals surface area (Å²) in [7, 11) is 0. The lowest BCUT2D eigenvalue weighted by atomic mass is 10.0. The predicted octanol–water partition coefficient (Wildman–Crippen LogP) is 5.43. The standard InChI is InChI=1S/C24H24N4O2S2/c1-14-21(16(3)29)15(2)25-22(14)23(30)17(4)32-24-27-26-20(13-19-11-8-12-31-19)28(24)18-9-6-5-7-10-18/h5-12,17,25H,13H2,1-4H3/t17-/m0/s1. The number of H-pyrrole nitrogens is 1. The van der Waals surface area contributed by atoms with Crippen molar-refractivity contribution in [1.82, 2.24) is 19.7 Å². The molecule has 0 saturated heterocycles. The van der Waals surface area contributed by atoms with Crippen LogP contribution in [0.5, 0.6) is 0 Å². The molecule has 3 aromatic heterocycles. The van der Waals surface area contributed by atoms with E-state index in [1.54, 1.807) is 11.3 Å². The molecule has 0 amide bonds. The molecule has 1 N–H and O–H groups in total. The van der Waals surface area contributed by atoms with E-state index in [9.17, 15) is 9.59 Å². The fourth-order valence-electron chi connectivity index (χ4n) is 3.84. The van der Waals surface area contributed by atoms with Crippen molar-refractivity contribution in [2.24, 2.45) is 0 Å². The van der Waals surface area contributed by atoms with Gasteiger partial charge in [0.2, 0.25) is 0 Å². The molecule has 0 saturated carbocycles. The summed E-state index contributed by atoms with van der Waals surface area (Å²) in [4.78, 5) is 29.5. The van der Waals surface area contributed by atoms with Crippen LogP contribution in [0.15, 0.2) is 53.0 Å². The first-order valence-corrected chi connectivity index (χ1v) is 12.1. The van der Waals surface area contributed by atoms with Crippen LogP contribution < -0.4 is 0 Å². The fraction of sp³-hybridized carbons (Fsp3) is 0.250. The summed E-state index contributed by atoms with van der Waals surface area (Å²) in [6.45, 7) is 7.02. The van der Waals surface area contributed by atoms with Gasteiger partial charge in [-0.25, -0.2) is 0 Å². The number of para-hydroxylation sites is 1. The van der Waals surface area contributed by atoms with E-state index in [2.05, 4.69) is 21.2 Å². The van der Waals surface area contributed by atoms with Crippen LogP contribution in [-0.4, -0.2) is 36.6 Å². The van der Waals surface area contributed by atoms with Gasteiger partial charge >= 0.3 is 0 Å². The first kappa shape index (κ1) is 22.2. The molecule has 4 rings (SSSR count). The Bertz CT molecular complexity index is 1260. The van der Waals surface area contributed by atoms with Crippen molar-refractivity contribution in [2.75, 3.05) is 0 Å². The molecule has 1 atom stereocenters. The Morgan fingerprint density at radius 2 is 1.88 bits per heavy atom. The molecule has 0 bridgehead atoms. The Hall–Kier alpha value is -2.97. The number of carbonyl (C=O) groups is 2. The molecule has 6 nitrogen and oxygen atoms in total. The summed E-state index contributed by atoms with van der Waals surface area (Å²) in [5.41, 5.74) is 3.46. The molecule has 4 aromatic rings. The monoisotopic (exact) mass is 464 g/mol. The Morgan fingerprint density at radius 1 is 1.12 bits per heavy atom. The van der Waals surface area contributed by atoms with Gasteiger partial charge in [-0.15, -0.1) is 21.5 Å². The minimum absolute atomic E-state index is 0.0438. The van der Waals surface area contributed by atoms with Gasteiger partial charge in [0.25, 0.3) is 0 Å². The minimum atomic E-state index is -0.409. The van der Waals surface area contributed by atoms with Gasteiger partial charge in [0.1, 0.15) is 5.82 Å². The first-order valence-electron chi connectivity index (χ1n) is 10.3. The second-order valence-electron chi connectivity index (χ2n) is 7.63. The largest absolute Gasteiger partial charge is 0.355 e. The number of aromatic nitrogens is 4. The molecule has 0 unspecified atom stereocenters. The van der Waals surface area contributed by atoms with Crippen LogP contribution in [0.4, 0.5) is 0 Å². The van der Waals surface area contributed by atoms with Crippen molar-refractivity contribution < 1.29 is 9.59 Å². The number of benzene rings is 1. The van der Waals surface area contributed by atoms with Crippen LogP contribution in [0.1, 0.15) is 56.7 Å². The topological polar surface area (TPSA) is 80.6 Å². The van der Waals surface area contributed by atoms with E-state index in [0.29, 0.717) is 28.4 Å². The summed E-state index contributed by atoms with van der Waals surface area (Å²) in [6.07, 6.45) is 0.666. The SMILES string of the molecule is CC(=O)c1c(C)[nH]c(C(=O)[C@H](C)Sc2nnc(Cc3cccs3)n2-c2ccccc2)c1C. The zero-order valence-electron chi connectivity index (χ0n) is 18.4. The second-order valence-corrected chi connectivity index (χ2v) is 9.97. The van der Waals surface area contributed by atoms with Gasteiger partial charge in [0.15, 0.2) is 16.7 Å². The predicted molar refractivity (Wildman–Crippen MR) is 128 cm³/mol. The molecular weight excluding hydrogens is 440 g/mol. The number of thioether (sulfide) groups is 1. The number of aromatic amines is 1. The van der Waals surface area contributed by atoms with Gasteiger partial charge in [0, 0.05) is 28.2 Å². The highest BCUT2D eigenvalue weighted by Gasteiger charge is 2.26. The Labute approximate surface area is 195 Å². The van der Waals surface area contributed by atoms with Crippen molar-refractivity contribution in [2.45, 2.75) is 44.5 Å². The molecule has 0 radical (unpaired) electrons. The number of rotatable bonds is 8. The Morgan fingerprint density at radius 3 is 2.50 bits per heavy atom. The number of aryl methyl sites for hydroxylation is 1. The smallest absolute Gasteiger partial charge is 0.196 e. The maximum Gasteiger partial charge on any atom is 0.196 e. The Kier molecular flexibility index (Phi) is 6.43. The van der Waals surface area contributed by atoms with Crippen molar-refractivity contribution in [3.05, 3.63) is 81.1 Å². The van der Waals surface area contributed by atoms with Crippen molar-refractivity contribution >= 4 is 34.7 Å². The lowest BCUT2D eigenvalue weighted by Crippen LogP contribution is -2.16. The van der Waals surface area contributed by atoms with Crippen molar-refractivity contribution in [1.29, 1.82) is 0 Å². The average molecular weight is 465 g/mol. The third kappa shape index (κ3) is 4.33. The molecule has 1 aromatic carbocycles. The van der Waals surface area contributed by atoms with Gasteiger partial charge in [-0.3, -0.25) is 14.2 Å². The summed E-state index contributed by atoms with van der Waals surface area (Å²) in [5.74, 6) is 0.717. The molecule has 3 heterocycles. The van der Waals surface area contributed by atoms with Crippen LogP contribution in [0.3, 0.4) is 0 Å². The molecule has 0 fully saturated rings. The van der Waals surface area contributed by atoms with Crippen LogP contribution in [-0.2, 0) is 6.42 Å². The van der Waals surface area contributed by atoms with Crippen LogP contribution in [0, 0.1) is 13.8 Å². The van der Waals surface area contributed by atoms with Gasteiger partial charge in [-0.05, 0) is 56.8 Å². The highest BCUT2D eigenvalue weighted by atomic mass is 32.2. The lowest BCUT2D eigenvalue weighted by molar-refractivity contribution is 0.0988. The summed E-state index contributed by atoms with van der Waals surface area (Å²) < 4.78 is 2.02. The number of ketones is 2. The number of hydrogen-bond donors (Lipinski definition) is 1. The number of carbonyl (C=O) groups excluding carboxylic acids is 2. The molecule has 164 valence electrons. The average Bonchev–Trinajstić information content (AvgIpc) is 3.48. The highest BCUT2D eigenvalue weighted by Crippen LogP contribution is 2.30. The quantitative estimate of drug-likeness (QED) is 0.278. The summed E-state index contributed by atoms with van der Waals surface area (Å²) in [5, 5.41) is 11.2. The lowest BCUT2D eigenvalue weighted by Gasteiger charge is -2.13. The molecular formula is C24H24N4O2S2. The van der Waals surface area contributed by atoms with Crippen LogP contribution in [0.25, 0.3) is 5.69 Å². The third-order valence-electron chi connectivity index (χ3n) is 5.31. The van der Waals surface area contributed by atoms with Gasteiger partial charge in [0.05, 0.1) is 10.9 Å². The molecule has 0 aliphatic carbocycles. The van der Waals surface area contributed by atoms with E-state index in [1.165, 1.54) is 23.6 Å². The van der Waals surface area contributed by atoms with Crippen LogP contribution >= 0.6 is 23.1 Å². The molecule has 0 spiro atoms. The number of nitrogens with zero attached hydrogens (tertiary/aromatic N) is 3. The maximum absolute atomic E-state index is 13.2. The third-order valence-corrected chi connectivity index (χ3v) is 7.23. The molecule has 8 heteroatoms. The van der Waals surface area contributed by atoms with Gasteiger partial charge in [-0.2, -0.15) is 0 Å². The number of Topliss-reactive ketones (excluding diaryl/α,β-unsaturated/α-hetero) is 2. The molecule has 0 aliphatic heterocycles. The van der Waals surface area contributed by atoms with Gasteiger partial charge < -0.3 is 4.98 Å². The normalized spacial score (nSPS) is 12.1. The summed E-state index contributed by atoms with van der Waals surface area (Å²) in [6, 6.07) is 14.0. The zero-order chi connectivity index (χ0) is 22.8. The zero-order valence-corrected chi connectivity index (χ0v) is 20.0. The van der Waals surface area contributed by atoms with E-state index in [0.717, 1.165) is 17.2 Å². The van der Waals surface area contributed by atoms with E-state index >= 15 is 0 Å². The Balaban J connectivity index is 1.65. The highest BCUT2D eigenvalue weighted by molar-refractivity contribution is 8.00. The first-order chi connectivity index (χ1) is 15.4. The number of nitrogens with one attached hydrogen (secondary N) is 1. The van der Waals surface area contributed by atoms with E-state index in [4.69, 9.17) is 0 Å². The van der Waals surface area contributed by atoms with Crippen molar-refractivity contribution in [3.63, 3.8) is 0 Å². The maximum atomic E-state index is 13.2. The second kappa shape index (κ2) is 9.26. The van der Waals surface area contributed by atoms with E-state index in [-0.39, 0.29) is 11.6 Å². The number of hydrogen-bond acceptors (Lipinski definition) is 6. The van der Waals surface area contributed by atoms with Crippen LogP contribution in [0.2, 0.25) is 0 Å². The molecule has 0 aliphatic rings. The number of thiophene rings is 1. The van der Waals surface area contributed by atoms with E-state index in [1.807, 2.05) is 67.1 Å². The summed E-state index contributed by atoms with van der Waals surface area (Å²) >= 11 is 3.05. The molecule has 32 heavy (non-hydrogen) atoms. The van der Waals surface area contributed by atoms with Gasteiger partial charge in [-0.1, -0.05) is 36.0 Å². The minimum Gasteiger partial charge on any atom is -0.355 e. The van der Waals surface area contributed by atoms with E-state index < -0.39 is 5.25 Å².